The average Bonchev–Trinajstić information content (AvgIpc) is 3.07. The van der Waals surface area contributed by atoms with Crippen molar-refractivity contribution in [3.05, 3.63) is 66.0 Å². The van der Waals surface area contributed by atoms with Gasteiger partial charge in [0.2, 0.25) is 0 Å². The van der Waals surface area contributed by atoms with Gasteiger partial charge in [-0.05, 0) is 36.2 Å². The maximum absolute atomic E-state index is 12.2. The van der Waals surface area contributed by atoms with E-state index < -0.39 is 6.03 Å². The van der Waals surface area contributed by atoms with E-state index in [1.807, 2.05) is 30.6 Å². The Morgan fingerprint density at radius 2 is 1.81 bits per heavy atom. The number of hydrogen-bond acceptors (Lipinski definition) is 3. The molecular weight excluding hydrogens is 330 g/mol. The molecule has 2 aromatic carbocycles. The molecule has 0 spiro atoms. The first-order valence-corrected chi connectivity index (χ1v) is 8.44. The molecule has 3 amide bonds. The van der Waals surface area contributed by atoms with E-state index in [4.69, 9.17) is 5.73 Å². The Balaban J connectivity index is 1.46. The molecule has 0 unspecified atom stereocenters. The number of nitrogens with two attached hydrogens (primary N) is 1. The minimum Gasteiger partial charge on any atom is -0.352 e. The number of urea groups is 1. The number of hydrogen-bond donors (Lipinski definition) is 3. The second-order valence-electron chi connectivity index (χ2n) is 5.95. The number of benzene rings is 2. The van der Waals surface area contributed by atoms with Gasteiger partial charge in [-0.2, -0.15) is 0 Å². The van der Waals surface area contributed by atoms with E-state index in [-0.39, 0.29) is 5.91 Å². The van der Waals surface area contributed by atoms with Gasteiger partial charge in [-0.1, -0.05) is 24.3 Å². The van der Waals surface area contributed by atoms with Gasteiger partial charge in [0.25, 0.3) is 5.91 Å². The van der Waals surface area contributed by atoms with E-state index in [0.29, 0.717) is 18.7 Å². The summed E-state index contributed by atoms with van der Waals surface area (Å²) in [5.41, 5.74) is 8.57. The van der Waals surface area contributed by atoms with Crippen LogP contribution >= 0.6 is 0 Å². The highest BCUT2D eigenvalue weighted by Gasteiger charge is 2.06. The normalized spacial score (nSPS) is 10.6. The first kappa shape index (κ1) is 17.5. The highest BCUT2D eigenvalue weighted by molar-refractivity contribution is 5.94. The highest BCUT2D eigenvalue weighted by Crippen LogP contribution is 2.12. The third-order valence-electron chi connectivity index (χ3n) is 4.07. The Morgan fingerprint density at radius 1 is 1.04 bits per heavy atom. The third kappa shape index (κ3) is 4.38. The number of rotatable bonds is 7. The topological polar surface area (TPSA) is 102 Å². The summed E-state index contributed by atoms with van der Waals surface area (Å²) in [7, 11) is 0. The van der Waals surface area contributed by atoms with Crippen LogP contribution in [0.15, 0.2) is 54.9 Å². The Hall–Kier alpha value is -3.35. The highest BCUT2D eigenvalue weighted by atomic mass is 16.2. The number of fused-ring (bicyclic) bond motifs is 1. The van der Waals surface area contributed by atoms with E-state index in [1.54, 1.807) is 24.3 Å². The van der Waals surface area contributed by atoms with Crippen molar-refractivity contribution in [2.75, 3.05) is 6.54 Å². The van der Waals surface area contributed by atoms with Crippen LogP contribution in [0.25, 0.3) is 11.0 Å². The van der Waals surface area contributed by atoms with Crippen LogP contribution in [0.5, 0.6) is 0 Å². The fourth-order valence-corrected chi connectivity index (χ4v) is 2.71. The number of nitrogens with one attached hydrogen (secondary N) is 2. The number of imidazole rings is 1. The number of para-hydroxylation sites is 2. The number of nitrogens with zero attached hydrogens (tertiary/aromatic N) is 2. The summed E-state index contributed by atoms with van der Waals surface area (Å²) in [5.74, 6) is -0.116. The standard InChI is InChI=1S/C19H21N5O2/c20-19(26)22-12-14-6-8-15(9-7-14)18(25)21-10-3-11-24-13-23-16-4-1-2-5-17(16)24/h1-2,4-9,13H,3,10-12H2,(H,21,25)(H3,20,22,26). The van der Waals surface area contributed by atoms with Crippen molar-refractivity contribution in [1.29, 1.82) is 0 Å². The zero-order chi connectivity index (χ0) is 18.4. The van der Waals surface area contributed by atoms with Crippen LogP contribution in [0.4, 0.5) is 4.79 Å². The molecule has 4 N–H and O–H groups in total. The lowest BCUT2D eigenvalue weighted by molar-refractivity contribution is 0.0952. The summed E-state index contributed by atoms with van der Waals surface area (Å²) in [6, 6.07) is 14.5. The van der Waals surface area contributed by atoms with Gasteiger partial charge < -0.3 is 20.9 Å². The van der Waals surface area contributed by atoms with E-state index in [1.165, 1.54) is 0 Å². The maximum Gasteiger partial charge on any atom is 0.312 e. The molecule has 1 heterocycles. The summed E-state index contributed by atoms with van der Waals surface area (Å²) in [5, 5.41) is 5.43. The predicted molar refractivity (Wildman–Crippen MR) is 99.5 cm³/mol. The van der Waals surface area contributed by atoms with Gasteiger partial charge in [-0.15, -0.1) is 0 Å². The molecule has 0 saturated carbocycles. The van der Waals surface area contributed by atoms with Crippen LogP contribution in [-0.2, 0) is 13.1 Å². The predicted octanol–water partition coefficient (Wildman–Crippen LogP) is 2.02. The van der Waals surface area contributed by atoms with Crippen molar-refractivity contribution < 1.29 is 9.59 Å². The lowest BCUT2D eigenvalue weighted by Crippen LogP contribution is -2.28. The van der Waals surface area contributed by atoms with Crippen LogP contribution in [-0.4, -0.2) is 28.0 Å². The van der Waals surface area contributed by atoms with Crippen LogP contribution in [0.1, 0.15) is 22.3 Å². The molecular formula is C19H21N5O2. The van der Waals surface area contributed by atoms with E-state index in [2.05, 4.69) is 20.2 Å². The molecule has 0 aliphatic rings. The number of primary amides is 1. The fourth-order valence-electron chi connectivity index (χ4n) is 2.71. The second-order valence-corrected chi connectivity index (χ2v) is 5.95. The summed E-state index contributed by atoms with van der Waals surface area (Å²) in [4.78, 5) is 27.2. The average molecular weight is 351 g/mol. The van der Waals surface area contributed by atoms with Gasteiger partial charge >= 0.3 is 6.03 Å². The summed E-state index contributed by atoms with van der Waals surface area (Å²) in [6.07, 6.45) is 2.64. The largest absolute Gasteiger partial charge is 0.352 e. The minimum absolute atomic E-state index is 0.116. The Kier molecular flexibility index (Phi) is 5.48. The quantitative estimate of drug-likeness (QED) is 0.568. The zero-order valence-electron chi connectivity index (χ0n) is 14.3. The molecule has 26 heavy (non-hydrogen) atoms. The van der Waals surface area contributed by atoms with Crippen molar-refractivity contribution in [3.63, 3.8) is 0 Å². The third-order valence-corrected chi connectivity index (χ3v) is 4.07. The Bertz CT molecular complexity index is 902. The number of amides is 3. The van der Waals surface area contributed by atoms with E-state index >= 15 is 0 Å². The summed E-state index contributed by atoms with van der Waals surface area (Å²) < 4.78 is 2.09. The van der Waals surface area contributed by atoms with Crippen molar-refractivity contribution in [2.24, 2.45) is 5.73 Å². The smallest absolute Gasteiger partial charge is 0.312 e. The molecule has 0 fully saturated rings. The van der Waals surface area contributed by atoms with Gasteiger partial charge in [0.1, 0.15) is 0 Å². The van der Waals surface area contributed by atoms with Crippen LogP contribution in [0, 0.1) is 0 Å². The molecule has 0 aliphatic carbocycles. The van der Waals surface area contributed by atoms with Gasteiger partial charge in [-0.3, -0.25) is 4.79 Å². The first-order valence-electron chi connectivity index (χ1n) is 8.44. The number of carbonyl (C=O) groups is 2. The SMILES string of the molecule is NC(=O)NCc1ccc(C(=O)NCCCn2cnc3ccccc32)cc1. The van der Waals surface area contributed by atoms with Crippen molar-refractivity contribution >= 4 is 23.0 Å². The van der Waals surface area contributed by atoms with Crippen LogP contribution in [0.3, 0.4) is 0 Å². The first-order chi connectivity index (χ1) is 12.6. The molecule has 3 aromatic rings. The Labute approximate surface area is 151 Å². The maximum atomic E-state index is 12.2. The lowest BCUT2D eigenvalue weighted by Gasteiger charge is -2.08. The molecule has 0 radical (unpaired) electrons. The summed E-state index contributed by atoms with van der Waals surface area (Å²) in [6.45, 7) is 1.71. The fraction of sp³-hybridized carbons (Fsp3) is 0.211. The molecule has 1 aromatic heterocycles. The number of aryl methyl sites for hydroxylation is 1. The van der Waals surface area contributed by atoms with E-state index in [9.17, 15) is 9.59 Å². The lowest BCUT2D eigenvalue weighted by atomic mass is 10.1. The molecule has 3 rings (SSSR count). The second kappa shape index (κ2) is 8.15. The van der Waals surface area contributed by atoms with Crippen molar-refractivity contribution in [3.8, 4) is 0 Å². The molecule has 0 saturated heterocycles. The molecule has 7 heteroatoms. The van der Waals surface area contributed by atoms with Gasteiger partial charge in [0.05, 0.1) is 17.4 Å². The van der Waals surface area contributed by atoms with E-state index in [0.717, 1.165) is 29.6 Å². The number of carbonyl (C=O) groups excluding carboxylic acids is 2. The monoisotopic (exact) mass is 351 g/mol. The number of aromatic nitrogens is 2. The van der Waals surface area contributed by atoms with Crippen molar-refractivity contribution in [1.82, 2.24) is 20.2 Å². The molecule has 0 atom stereocenters. The molecule has 0 aliphatic heterocycles. The minimum atomic E-state index is -0.572. The molecule has 0 bridgehead atoms. The molecule has 134 valence electrons. The van der Waals surface area contributed by atoms with Gasteiger partial charge in [-0.25, -0.2) is 9.78 Å². The van der Waals surface area contributed by atoms with Gasteiger partial charge in [0.15, 0.2) is 0 Å². The van der Waals surface area contributed by atoms with Crippen LogP contribution < -0.4 is 16.4 Å². The summed E-state index contributed by atoms with van der Waals surface area (Å²) >= 11 is 0. The van der Waals surface area contributed by atoms with Crippen molar-refractivity contribution in [2.45, 2.75) is 19.5 Å². The van der Waals surface area contributed by atoms with Crippen LogP contribution in [0.2, 0.25) is 0 Å². The van der Waals surface area contributed by atoms with Gasteiger partial charge in [0, 0.05) is 25.2 Å². The Morgan fingerprint density at radius 3 is 2.58 bits per heavy atom. The molecule has 7 nitrogen and oxygen atoms in total. The zero-order valence-corrected chi connectivity index (χ0v) is 14.3.